The van der Waals surface area contributed by atoms with Crippen molar-refractivity contribution in [2.45, 2.75) is 52.1 Å². The zero-order chi connectivity index (χ0) is 30.8. The molecule has 1 aromatic carbocycles. The first-order chi connectivity index (χ1) is 21.1. The summed E-state index contributed by atoms with van der Waals surface area (Å²) in [6, 6.07) is 11.7. The van der Waals surface area contributed by atoms with Crippen LogP contribution in [0, 0.1) is 6.92 Å². The molecule has 4 aromatic heterocycles. The lowest BCUT2D eigenvalue weighted by Gasteiger charge is -2.31. The van der Waals surface area contributed by atoms with Crippen molar-refractivity contribution in [2.75, 3.05) is 18.4 Å². The number of hydrogen-bond acceptors (Lipinski definition) is 9. The van der Waals surface area contributed by atoms with Crippen LogP contribution in [0.15, 0.2) is 73.6 Å². The molecule has 0 unspecified atom stereocenters. The summed E-state index contributed by atoms with van der Waals surface area (Å²) in [7, 11) is 0. The molecule has 12 heteroatoms. The van der Waals surface area contributed by atoms with E-state index in [4.69, 9.17) is 9.47 Å². The summed E-state index contributed by atoms with van der Waals surface area (Å²) in [5, 5.41) is 12.0. The Kier molecular flexibility index (Phi) is 7.73. The van der Waals surface area contributed by atoms with Gasteiger partial charge in [0.25, 0.3) is 0 Å². The minimum Gasteiger partial charge on any atom is -0.457 e. The van der Waals surface area contributed by atoms with Gasteiger partial charge in [0.1, 0.15) is 35.3 Å². The average molecular weight is 595 g/mol. The third kappa shape index (κ3) is 6.38. The molecular weight excluding hydrogens is 560 g/mol. The van der Waals surface area contributed by atoms with E-state index in [2.05, 4.69) is 31.5 Å². The number of pyridine rings is 1. The molecule has 1 N–H and O–H groups in total. The molecule has 226 valence electrons. The summed E-state index contributed by atoms with van der Waals surface area (Å²) in [6.45, 7) is 8.53. The van der Waals surface area contributed by atoms with Crippen LogP contribution >= 0.6 is 0 Å². The maximum absolute atomic E-state index is 12.7. The zero-order valence-electron chi connectivity index (χ0n) is 25.1. The summed E-state index contributed by atoms with van der Waals surface area (Å²) in [4.78, 5) is 35.2. The van der Waals surface area contributed by atoms with Crippen molar-refractivity contribution in [3.05, 3.63) is 84.7 Å². The molecule has 0 aliphatic carbocycles. The van der Waals surface area contributed by atoms with Crippen molar-refractivity contribution in [3.63, 3.8) is 0 Å². The van der Waals surface area contributed by atoms with Crippen molar-refractivity contribution in [2.24, 2.45) is 0 Å². The van der Waals surface area contributed by atoms with Crippen molar-refractivity contribution in [3.8, 4) is 11.5 Å². The van der Waals surface area contributed by atoms with Gasteiger partial charge in [-0.1, -0.05) is 0 Å². The van der Waals surface area contributed by atoms with Gasteiger partial charge in [0.15, 0.2) is 11.5 Å². The van der Waals surface area contributed by atoms with Gasteiger partial charge in [-0.05, 0) is 87.9 Å². The van der Waals surface area contributed by atoms with Gasteiger partial charge in [-0.2, -0.15) is 10.2 Å². The number of nitrogens with zero attached hydrogens (tertiary/aromatic N) is 7. The Labute approximate surface area is 254 Å². The molecule has 0 spiro atoms. The Morgan fingerprint density at radius 1 is 0.955 bits per heavy atom. The minimum atomic E-state index is -0.605. The van der Waals surface area contributed by atoms with E-state index in [0.717, 1.165) is 40.9 Å². The molecular formula is C32H34N8O4. The minimum absolute atomic E-state index is 0.191. The highest BCUT2D eigenvalue weighted by Crippen LogP contribution is 2.35. The standard InChI is InChI=1S/C32H34N8O4/c1-21-17-23(5-6-26(21)43-24-11-15-39-27(18-24)33-19-35-39)37-31-30-25(12-16-40(30)36-20-34-31)22-9-13-38(14-10-22)28(41)7-8-29(42)44-32(2,3)4/h5-8,11-12,15-20,22H,9-10,13-14H2,1-4H3,(H,34,36,37)/b8-7+. The SMILES string of the molecule is Cc1cc(Nc2ncnn3ccc(C4CCN(C(=O)/C=C/C(=O)OC(C)(C)C)CC4)c23)ccc1Oc1ccn2ncnc2c1. The number of likely N-dealkylation sites (tertiary alicyclic amines) is 1. The van der Waals surface area contributed by atoms with Gasteiger partial charge in [-0.15, -0.1) is 0 Å². The Bertz CT molecular complexity index is 1860. The molecule has 0 saturated carbocycles. The molecule has 1 aliphatic rings. The number of esters is 1. The number of aryl methyl sites for hydroxylation is 1. The fraction of sp³-hybridized carbons (Fsp3) is 0.312. The molecule has 12 nitrogen and oxygen atoms in total. The summed E-state index contributed by atoms with van der Waals surface area (Å²) < 4.78 is 14.9. The first-order valence-electron chi connectivity index (χ1n) is 14.5. The Hall–Kier alpha value is -5.26. The summed E-state index contributed by atoms with van der Waals surface area (Å²) in [6.07, 6.45) is 10.8. The predicted molar refractivity (Wildman–Crippen MR) is 164 cm³/mol. The Morgan fingerprint density at radius 2 is 1.70 bits per heavy atom. The van der Waals surface area contributed by atoms with E-state index in [0.29, 0.717) is 30.3 Å². The molecule has 1 aliphatic heterocycles. The highest BCUT2D eigenvalue weighted by atomic mass is 16.6. The third-order valence-electron chi connectivity index (χ3n) is 7.42. The lowest BCUT2D eigenvalue weighted by Crippen LogP contribution is -2.37. The lowest BCUT2D eigenvalue weighted by atomic mass is 9.90. The van der Waals surface area contributed by atoms with Crippen LogP contribution in [0.3, 0.4) is 0 Å². The van der Waals surface area contributed by atoms with Crippen LogP contribution in [0.1, 0.15) is 50.7 Å². The lowest BCUT2D eigenvalue weighted by molar-refractivity contribution is -0.148. The van der Waals surface area contributed by atoms with E-state index in [1.807, 2.05) is 54.2 Å². The van der Waals surface area contributed by atoms with Crippen molar-refractivity contribution < 1.29 is 19.1 Å². The second-order valence-electron chi connectivity index (χ2n) is 11.8. The second-order valence-corrected chi connectivity index (χ2v) is 11.8. The maximum Gasteiger partial charge on any atom is 0.331 e. The smallest absolute Gasteiger partial charge is 0.331 e. The van der Waals surface area contributed by atoms with Gasteiger partial charge < -0.3 is 19.7 Å². The fourth-order valence-corrected chi connectivity index (χ4v) is 5.36. The number of rotatable bonds is 7. The van der Waals surface area contributed by atoms with Crippen molar-refractivity contribution in [1.82, 2.24) is 34.1 Å². The van der Waals surface area contributed by atoms with E-state index >= 15 is 0 Å². The van der Waals surface area contributed by atoms with E-state index in [1.165, 1.54) is 24.8 Å². The fourth-order valence-electron chi connectivity index (χ4n) is 5.36. The van der Waals surface area contributed by atoms with Crippen LogP contribution in [0.2, 0.25) is 0 Å². The number of fused-ring (bicyclic) bond motifs is 2. The molecule has 6 rings (SSSR count). The van der Waals surface area contributed by atoms with Crippen LogP contribution < -0.4 is 10.1 Å². The summed E-state index contributed by atoms with van der Waals surface area (Å²) in [5.74, 6) is 1.62. The number of anilines is 2. The van der Waals surface area contributed by atoms with Crippen LogP contribution in [0.5, 0.6) is 11.5 Å². The zero-order valence-corrected chi connectivity index (χ0v) is 25.1. The highest BCUT2D eigenvalue weighted by molar-refractivity contribution is 5.94. The molecule has 1 fully saturated rings. The van der Waals surface area contributed by atoms with E-state index < -0.39 is 11.6 Å². The van der Waals surface area contributed by atoms with E-state index in [9.17, 15) is 9.59 Å². The average Bonchev–Trinajstić information content (AvgIpc) is 3.64. The number of piperidine rings is 1. The maximum atomic E-state index is 12.7. The number of carbonyl (C=O) groups is 2. The topological polar surface area (TPSA) is 128 Å². The molecule has 5 heterocycles. The van der Waals surface area contributed by atoms with Gasteiger partial charge in [0.05, 0.1) is 0 Å². The summed E-state index contributed by atoms with van der Waals surface area (Å²) >= 11 is 0. The first kappa shape index (κ1) is 28.8. The number of ether oxygens (including phenoxy) is 2. The molecule has 44 heavy (non-hydrogen) atoms. The predicted octanol–water partition coefficient (Wildman–Crippen LogP) is 5.22. The van der Waals surface area contributed by atoms with Crippen molar-refractivity contribution in [1.29, 1.82) is 0 Å². The number of carbonyl (C=O) groups excluding carboxylic acids is 2. The van der Waals surface area contributed by atoms with Gasteiger partial charge in [-0.25, -0.2) is 23.8 Å². The molecule has 1 saturated heterocycles. The van der Waals surface area contributed by atoms with Crippen LogP contribution in [0.4, 0.5) is 11.5 Å². The monoisotopic (exact) mass is 594 g/mol. The third-order valence-corrected chi connectivity index (χ3v) is 7.42. The van der Waals surface area contributed by atoms with Crippen LogP contribution in [-0.4, -0.2) is 64.7 Å². The van der Waals surface area contributed by atoms with Crippen molar-refractivity contribution >= 4 is 34.5 Å². The molecule has 5 aromatic rings. The normalized spacial score (nSPS) is 14.4. The van der Waals surface area contributed by atoms with E-state index in [-0.39, 0.29) is 11.8 Å². The molecule has 0 bridgehead atoms. The van der Waals surface area contributed by atoms with Gasteiger partial charge >= 0.3 is 5.97 Å². The summed E-state index contributed by atoms with van der Waals surface area (Å²) in [5.41, 5.74) is 3.96. The largest absolute Gasteiger partial charge is 0.457 e. The Morgan fingerprint density at radius 3 is 2.48 bits per heavy atom. The molecule has 1 amide bonds. The number of amides is 1. The van der Waals surface area contributed by atoms with Gasteiger partial charge in [0.2, 0.25) is 5.91 Å². The quantitative estimate of drug-likeness (QED) is 0.199. The van der Waals surface area contributed by atoms with Crippen LogP contribution in [0.25, 0.3) is 11.2 Å². The highest BCUT2D eigenvalue weighted by Gasteiger charge is 2.26. The first-order valence-corrected chi connectivity index (χ1v) is 14.5. The number of aromatic nitrogens is 6. The Balaban J connectivity index is 1.13. The van der Waals surface area contributed by atoms with Crippen LogP contribution in [-0.2, 0) is 14.3 Å². The number of nitrogens with one attached hydrogen (secondary N) is 1. The molecule has 0 radical (unpaired) electrons. The second kappa shape index (κ2) is 11.8. The van der Waals surface area contributed by atoms with Gasteiger partial charge in [0, 0.05) is 49.4 Å². The van der Waals surface area contributed by atoms with E-state index in [1.54, 1.807) is 30.2 Å². The van der Waals surface area contributed by atoms with Gasteiger partial charge in [-0.3, -0.25) is 4.79 Å². The molecule has 0 atom stereocenters. The number of hydrogen-bond donors (Lipinski definition) is 1. The number of benzene rings is 1.